The molecule has 0 aromatic carbocycles. The number of aromatic nitrogens is 4. The molecule has 0 radical (unpaired) electrons. The van der Waals surface area contributed by atoms with E-state index in [1.54, 1.807) is 0 Å². The number of hydrogen-bond donors (Lipinski definition) is 0. The number of unbranched alkanes of at least 4 members (excludes halogenated alkanes) is 12. The van der Waals surface area contributed by atoms with Gasteiger partial charge in [0.1, 0.15) is 11.4 Å². The van der Waals surface area contributed by atoms with Crippen molar-refractivity contribution in [2.75, 3.05) is 0 Å². The Balaban J connectivity index is 0.940. The fourth-order valence-corrected chi connectivity index (χ4v) is 6.15. The molecular weight excluding hydrogens is 512 g/mol. The number of aryl methyl sites for hydroxylation is 2. The van der Waals surface area contributed by atoms with Gasteiger partial charge in [-0.25, -0.2) is 0 Å². The zero-order valence-electron chi connectivity index (χ0n) is 26.1. The van der Waals surface area contributed by atoms with Gasteiger partial charge in [-0.15, -0.1) is 0 Å². The van der Waals surface area contributed by atoms with Gasteiger partial charge in [-0.3, -0.25) is 19.9 Å². The van der Waals surface area contributed by atoms with E-state index in [4.69, 9.17) is 0 Å². The van der Waals surface area contributed by atoms with E-state index in [9.17, 15) is 0 Å². The van der Waals surface area contributed by atoms with Crippen molar-refractivity contribution in [3.63, 3.8) is 0 Å². The fraction of sp³-hybridized carbons (Fsp3) is 0.632. The minimum absolute atomic E-state index is 0.812. The van der Waals surface area contributed by atoms with Crippen LogP contribution in [0, 0.1) is 11.8 Å². The molecule has 42 heavy (non-hydrogen) atoms. The van der Waals surface area contributed by atoms with Gasteiger partial charge in [-0.05, 0) is 60.8 Å². The smallest absolute Gasteiger partial charge is 0.107 e. The average molecular weight is 567 g/mol. The van der Waals surface area contributed by atoms with Gasteiger partial charge in [0.2, 0.25) is 0 Å². The first kappa shape index (κ1) is 30.8. The fourth-order valence-electron chi connectivity index (χ4n) is 6.15. The molecule has 0 bridgehead atoms. The third-order valence-corrected chi connectivity index (χ3v) is 9.38. The lowest BCUT2D eigenvalue weighted by Gasteiger charge is -2.06. The van der Waals surface area contributed by atoms with Crippen molar-refractivity contribution in [2.24, 2.45) is 11.8 Å². The Morgan fingerprint density at radius 2 is 0.738 bits per heavy atom. The highest BCUT2D eigenvalue weighted by atomic mass is 14.8. The summed E-state index contributed by atoms with van der Waals surface area (Å²) in [5, 5.41) is 0. The molecule has 0 spiro atoms. The van der Waals surface area contributed by atoms with E-state index in [1.165, 1.54) is 140 Å². The van der Waals surface area contributed by atoms with E-state index in [1.807, 2.05) is 24.8 Å². The maximum absolute atomic E-state index is 4.68. The van der Waals surface area contributed by atoms with E-state index in [-0.39, 0.29) is 0 Å². The van der Waals surface area contributed by atoms with E-state index in [0.29, 0.717) is 0 Å². The van der Waals surface area contributed by atoms with Crippen LogP contribution in [-0.4, -0.2) is 19.9 Å². The molecule has 2 aliphatic carbocycles. The molecule has 4 heteroatoms. The monoisotopic (exact) mass is 566 g/mol. The van der Waals surface area contributed by atoms with Crippen LogP contribution in [0.4, 0.5) is 0 Å². The Hall–Kier alpha value is -2.62. The van der Waals surface area contributed by atoms with Crippen LogP contribution in [0.25, 0.3) is 22.8 Å². The first-order valence-electron chi connectivity index (χ1n) is 17.6. The quantitative estimate of drug-likeness (QED) is 0.113. The number of pyridine rings is 2. The highest BCUT2D eigenvalue weighted by Gasteiger charge is 2.20. The summed E-state index contributed by atoms with van der Waals surface area (Å²) >= 11 is 0. The largest absolute Gasteiger partial charge is 0.254 e. The van der Waals surface area contributed by atoms with Crippen molar-refractivity contribution in [1.82, 2.24) is 19.9 Å². The van der Waals surface area contributed by atoms with Gasteiger partial charge in [-0.1, -0.05) is 128 Å². The zero-order valence-corrected chi connectivity index (χ0v) is 26.1. The number of hydrogen-bond acceptors (Lipinski definition) is 4. The van der Waals surface area contributed by atoms with Crippen LogP contribution >= 0.6 is 0 Å². The van der Waals surface area contributed by atoms with Crippen molar-refractivity contribution in [2.45, 2.75) is 141 Å². The van der Waals surface area contributed by atoms with Crippen molar-refractivity contribution >= 4 is 0 Å². The first-order chi connectivity index (χ1) is 20.8. The summed E-state index contributed by atoms with van der Waals surface area (Å²) in [5.74, 6) is 2.20. The van der Waals surface area contributed by atoms with E-state index >= 15 is 0 Å². The summed E-state index contributed by atoms with van der Waals surface area (Å²) in [7, 11) is 0. The third kappa shape index (κ3) is 11.6. The van der Waals surface area contributed by atoms with Gasteiger partial charge in [0.05, 0.1) is 23.8 Å². The predicted molar refractivity (Wildman–Crippen MR) is 175 cm³/mol. The molecule has 0 N–H and O–H groups in total. The van der Waals surface area contributed by atoms with Gasteiger partial charge in [0.15, 0.2) is 0 Å². The Labute approximate surface area is 255 Å². The average Bonchev–Trinajstić information content (AvgIpc) is 3.97. The Morgan fingerprint density at radius 3 is 1.07 bits per heavy atom. The van der Waals surface area contributed by atoms with E-state index < -0.39 is 0 Å². The molecule has 2 fully saturated rings. The summed E-state index contributed by atoms with van der Waals surface area (Å²) in [5.41, 5.74) is 6.02. The molecule has 3 heterocycles. The Kier molecular flexibility index (Phi) is 12.8. The van der Waals surface area contributed by atoms with Gasteiger partial charge >= 0.3 is 0 Å². The molecule has 2 saturated carbocycles. The predicted octanol–water partition coefficient (Wildman–Crippen LogP) is 10.7. The SMILES string of the molecule is c1cc(-c2cnc(-c3ccc(CCCCCCCCCC4CC4)cn3)cn2)ncc1CCCCCCCCCC1CC1. The lowest BCUT2D eigenvalue weighted by atomic mass is 10.0. The Bertz CT molecular complexity index is 1040. The number of rotatable bonds is 22. The van der Waals surface area contributed by atoms with Crippen LogP contribution in [0.1, 0.15) is 140 Å². The van der Waals surface area contributed by atoms with Crippen molar-refractivity contribution < 1.29 is 0 Å². The molecule has 3 aromatic rings. The van der Waals surface area contributed by atoms with Gasteiger partial charge in [0, 0.05) is 12.4 Å². The molecule has 5 rings (SSSR count). The second-order valence-corrected chi connectivity index (χ2v) is 13.3. The molecule has 4 nitrogen and oxygen atoms in total. The van der Waals surface area contributed by atoms with Crippen LogP contribution < -0.4 is 0 Å². The van der Waals surface area contributed by atoms with Crippen molar-refractivity contribution in [3.05, 3.63) is 60.2 Å². The van der Waals surface area contributed by atoms with E-state index in [2.05, 4.69) is 44.2 Å². The summed E-state index contributed by atoms with van der Waals surface area (Å²) in [6.07, 6.45) is 38.2. The molecule has 0 atom stereocenters. The lowest BCUT2D eigenvalue weighted by molar-refractivity contribution is 0.553. The summed E-state index contributed by atoms with van der Waals surface area (Å²) in [4.78, 5) is 18.7. The molecule has 3 aromatic heterocycles. The summed E-state index contributed by atoms with van der Waals surface area (Å²) < 4.78 is 0. The minimum atomic E-state index is 0.812. The molecule has 0 saturated heterocycles. The van der Waals surface area contributed by atoms with Crippen LogP contribution in [-0.2, 0) is 12.8 Å². The highest BCUT2D eigenvalue weighted by Crippen LogP contribution is 2.34. The van der Waals surface area contributed by atoms with E-state index in [0.717, 1.165) is 47.5 Å². The van der Waals surface area contributed by atoms with Crippen molar-refractivity contribution in [3.8, 4) is 22.8 Å². The normalized spacial score (nSPS) is 14.9. The maximum atomic E-state index is 4.68. The first-order valence-corrected chi connectivity index (χ1v) is 17.6. The van der Waals surface area contributed by atoms with Crippen LogP contribution in [0.2, 0.25) is 0 Å². The van der Waals surface area contributed by atoms with Gasteiger partial charge in [0.25, 0.3) is 0 Å². The summed E-state index contributed by atoms with van der Waals surface area (Å²) in [6.45, 7) is 0. The molecule has 0 aliphatic heterocycles. The lowest BCUT2D eigenvalue weighted by Crippen LogP contribution is -1.95. The van der Waals surface area contributed by atoms with Gasteiger partial charge < -0.3 is 0 Å². The standard InChI is InChI=1S/C38H54N4/c1(3-7-11-15-31-19-20-31)5-9-13-17-33-23-25-35(39-27-33)37-29-42-38(30-41-37)36-26-24-34(28-40-36)18-14-10-6-2-4-8-12-16-32-21-22-32/h23-32H,1-22H2. The minimum Gasteiger partial charge on any atom is -0.254 e. The highest BCUT2D eigenvalue weighted by molar-refractivity contribution is 5.58. The summed E-state index contributed by atoms with van der Waals surface area (Å²) in [6, 6.07) is 8.57. The maximum Gasteiger partial charge on any atom is 0.107 e. The van der Waals surface area contributed by atoms with Crippen LogP contribution in [0.3, 0.4) is 0 Å². The second kappa shape index (κ2) is 17.5. The Morgan fingerprint density at radius 1 is 0.381 bits per heavy atom. The van der Waals surface area contributed by atoms with Gasteiger partial charge in [-0.2, -0.15) is 0 Å². The zero-order chi connectivity index (χ0) is 28.7. The van der Waals surface area contributed by atoms with Crippen LogP contribution in [0.15, 0.2) is 49.1 Å². The topological polar surface area (TPSA) is 51.6 Å². The second-order valence-electron chi connectivity index (χ2n) is 13.3. The van der Waals surface area contributed by atoms with Crippen molar-refractivity contribution in [1.29, 1.82) is 0 Å². The third-order valence-electron chi connectivity index (χ3n) is 9.38. The number of nitrogens with zero attached hydrogens (tertiary/aromatic N) is 4. The molecule has 2 aliphatic rings. The molecule has 0 unspecified atom stereocenters. The molecule has 226 valence electrons. The molecule has 0 amide bonds. The van der Waals surface area contributed by atoms with Crippen LogP contribution in [0.5, 0.6) is 0 Å². The molecular formula is C38H54N4.